The molecule has 2 aromatic rings. The van der Waals surface area contributed by atoms with Crippen LogP contribution >= 0.6 is 11.8 Å². The van der Waals surface area contributed by atoms with Gasteiger partial charge in [0.15, 0.2) is 5.78 Å². The van der Waals surface area contributed by atoms with Gasteiger partial charge in [-0.05, 0) is 30.3 Å². The zero-order valence-corrected chi connectivity index (χ0v) is 13.1. The van der Waals surface area contributed by atoms with Gasteiger partial charge in [0.05, 0.1) is 12.2 Å². The van der Waals surface area contributed by atoms with Crippen molar-refractivity contribution in [2.45, 2.75) is 30.1 Å². The summed E-state index contributed by atoms with van der Waals surface area (Å²) in [4.78, 5) is 14.7. The van der Waals surface area contributed by atoms with Crippen molar-refractivity contribution in [1.29, 1.82) is 0 Å². The van der Waals surface area contributed by atoms with Crippen molar-refractivity contribution in [3.05, 3.63) is 54.1 Å². The SMILES string of the molecule is CC1(C)COc2ccc(Sc3ccccc3)cc2C(=O)C1. The van der Waals surface area contributed by atoms with Gasteiger partial charge in [-0.15, -0.1) is 0 Å². The second kappa shape index (κ2) is 5.57. The van der Waals surface area contributed by atoms with E-state index in [9.17, 15) is 4.79 Å². The molecule has 0 radical (unpaired) electrons. The van der Waals surface area contributed by atoms with Crippen LogP contribution in [0.1, 0.15) is 30.6 Å². The lowest BCUT2D eigenvalue weighted by molar-refractivity contribution is 0.0918. The zero-order chi connectivity index (χ0) is 14.9. The number of hydrogen-bond acceptors (Lipinski definition) is 3. The molecular weight excluding hydrogens is 280 g/mol. The van der Waals surface area contributed by atoms with Gasteiger partial charge in [0.2, 0.25) is 0 Å². The lowest BCUT2D eigenvalue weighted by atomic mass is 9.87. The lowest BCUT2D eigenvalue weighted by Gasteiger charge is -2.19. The fourth-order valence-electron chi connectivity index (χ4n) is 2.39. The molecule has 0 spiro atoms. The van der Waals surface area contributed by atoms with Gasteiger partial charge in [0.25, 0.3) is 0 Å². The van der Waals surface area contributed by atoms with E-state index in [4.69, 9.17) is 4.74 Å². The standard InChI is InChI=1S/C18H18O2S/c1-18(2)11-16(19)15-10-14(8-9-17(15)20-12-18)21-13-6-4-3-5-7-13/h3-10H,11-12H2,1-2H3. The van der Waals surface area contributed by atoms with E-state index in [-0.39, 0.29) is 11.2 Å². The highest BCUT2D eigenvalue weighted by Gasteiger charge is 2.29. The number of ether oxygens (including phenoxy) is 1. The van der Waals surface area contributed by atoms with Crippen molar-refractivity contribution in [1.82, 2.24) is 0 Å². The predicted molar refractivity (Wildman–Crippen MR) is 85.2 cm³/mol. The fraction of sp³-hybridized carbons (Fsp3) is 0.278. The molecule has 0 aromatic heterocycles. The molecule has 3 heteroatoms. The van der Waals surface area contributed by atoms with E-state index in [0.29, 0.717) is 24.3 Å². The highest BCUT2D eigenvalue weighted by atomic mass is 32.2. The van der Waals surface area contributed by atoms with Gasteiger partial charge in [-0.1, -0.05) is 43.8 Å². The average Bonchev–Trinajstić information content (AvgIpc) is 2.57. The second-order valence-corrected chi connectivity index (χ2v) is 7.27. The highest BCUT2D eigenvalue weighted by molar-refractivity contribution is 7.99. The van der Waals surface area contributed by atoms with Crippen molar-refractivity contribution in [2.75, 3.05) is 6.61 Å². The first-order chi connectivity index (χ1) is 10.0. The molecule has 0 saturated heterocycles. The Morgan fingerprint density at radius 2 is 1.81 bits per heavy atom. The Labute approximate surface area is 129 Å². The summed E-state index contributed by atoms with van der Waals surface area (Å²) < 4.78 is 5.81. The molecule has 3 rings (SSSR count). The number of carbonyl (C=O) groups is 1. The number of rotatable bonds is 2. The molecule has 0 aliphatic carbocycles. The molecule has 1 aliphatic heterocycles. The molecule has 0 atom stereocenters. The largest absolute Gasteiger partial charge is 0.492 e. The summed E-state index contributed by atoms with van der Waals surface area (Å²) in [6.07, 6.45) is 0.527. The zero-order valence-electron chi connectivity index (χ0n) is 12.3. The third-order valence-corrected chi connectivity index (χ3v) is 4.49. The van der Waals surface area contributed by atoms with Gasteiger partial charge in [-0.2, -0.15) is 0 Å². The number of fused-ring (bicyclic) bond motifs is 1. The minimum atomic E-state index is -0.108. The van der Waals surface area contributed by atoms with Crippen LogP contribution in [-0.4, -0.2) is 12.4 Å². The third-order valence-electron chi connectivity index (χ3n) is 3.49. The molecule has 2 nitrogen and oxygen atoms in total. The van der Waals surface area contributed by atoms with Gasteiger partial charge >= 0.3 is 0 Å². The molecule has 0 amide bonds. The summed E-state index contributed by atoms with van der Waals surface area (Å²) >= 11 is 1.66. The summed E-state index contributed by atoms with van der Waals surface area (Å²) in [7, 11) is 0. The first-order valence-corrected chi connectivity index (χ1v) is 7.88. The summed E-state index contributed by atoms with van der Waals surface area (Å²) in [5.74, 6) is 0.881. The molecule has 1 heterocycles. The Bertz CT molecular complexity index is 662. The maximum absolute atomic E-state index is 12.4. The van der Waals surface area contributed by atoms with Gasteiger partial charge < -0.3 is 4.74 Å². The molecule has 108 valence electrons. The van der Waals surface area contributed by atoms with Crippen molar-refractivity contribution in [2.24, 2.45) is 5.41 Å². The number of hydrogen-bond donors (Lipinski definition) is 0. The van der Waals surface area contributed by atoms with Crippen molar-refractivity contribution in [3.63, 3.8) is 0 Å². The van der Waals surface area contributed by atoms with Crippen LogP contribution in [0.25, 0.3) is 0 Å². The molecule has 0 saturated carbocycles. The molecule has 0 bridgehead atoms. The summed E-state index contributed by atoms with van der Waals surface area (Å²) in [5.41, 5.74) is 0.601. The fourth-order valence-corrected chi connectivity index (χ4v) is 3.27. The van der Waals surface area contributed by atoms with Crippen molar-refractivity contribution >= 4 is 17.5 Å². The summed E-state index contributed by atoms with van der Waals surface area (Å²) in [5, 5.41) is 0. The van der Waals surface area contributed by atoms with Crippen LogP contribution in [0.2, 0.25) is 0 Å². The quantitative estimate of drug-likeness (QED) is 0.794. The maximum atomic E-state index is 12.4. The van der Waals surface area contributed by atoms with E-state index >= 15 is 0 Å². The Morgan fingerprint density at radius 3 is 2.57 bits per heavy atom. The Morgan fingerprint density at radius 1 is 1.05 bits per heavy atom. The summed E-state index contributed by atoms with van der Waals surface area (Å²) in [6, 6.07) is 16.1. The van der Waals surface area contributed by atoms with Crippen molar-refractivity contribution < 1.29 is 9.53 Å². The van der Waals surface area contributed by atoms with E-state index in [0.717, 1.165) is 4.90 Å². The average molecular weight is 298 g/mol. The van der Waals surface area contributed by atoms with Gasteiger partial charge in [0, 0.05) is 21.6 Å². The molecule has 0 fully saturated rings. The smallest absolute Gasteiger partial charge is 0.167 e. The van der Waals surface area contributed by atoms with Crippen LogP contribution in [0.4, 0.5) is 0 Å². The normalized spacial score (nSPS) is 16.8. The maximum Gasteiger partial charge on any atom is 0.167 e. The van der Waals surface area contributed by atoms with Crippen LogP contribution in [0.3, 0.4) is 0 Å². The van der Waals surface area contributed by atoms with E-state index in [1.54, 1.807) is 11.8 Å². The summed E-state index contributed by atoms with van der Waals surface area (Å²) in [6.45, 7) is 4.71. The van der Waals surface area contributed by atoms with Crippen LogP contribution < -0.4 is 4.74 Å². The highest BCUT2D eigenvalue weighted by Crippen LogP contribution is 2.36. The molecule has 1 aliphatic rings. The first-order valence-electron chi connectivity index (χ1n) is 7.06. The van der Waals surface area contributed by atoms with Crippen LogP contribution in [-0.2, 0) is 0 Å². The second-order valence-electron chi connectivity index (χ2n) is 6.13. The van der Waals surface area contributed by atoms with E-state index < -0.39 is 0 Å². The van der Waals surface area contributed by atoms with Crippen LogP contribution in [0.15, 0.2) is 58.3 Å². The minimum absolute atomic E-state index is 0.108. The number of Topliss-reactive ketones (excluding diaryl/α,β-unsaturated/α-hetero) is 1. The molecule has 0 unspecified atom stereocenters. The Hall–Kier alpha value is -1.74. The number of benzene rings is 2. The van der Waals surface area contributed by atoms with E-state index in [1.165, 1.54) is 4.90 Å². The number of ketones is 1. The lowest BCUT2D eigenvalue weighted by Crippen LogP contribution is -2.21. The Balaban J connectivity index is 1.90. The van der Waals surface area contributed by atoms with E-state index in [2.05, 4.69) is 26.0 Å². The number of carbonyl (C=O) groups excluding carboxylic acids is 1. The van der Waals surface area contributed by atoms with Crippen LogP contribution in [0, 0.1) is 5.41 Å². The first kappa shape index (κ1) is 14.2. The van der Waals surface area contributed by atoms with Gasteiger partial charge in [-0.25, -0.2) is 0 Å². The predicted octanol–water partition coefficient (Wildman–Crippen LogP) is 4.83. The minimum Gasteiger partial charge on any atom is -0.492 e. The van der Waals surface area contributed by atoms with Gasteiger partial charge in [0.1, 0.15) is 5.75 Å². The molecule has 21 heavy (non-hydrogen) atoms. The molecular formula is C18H18O2S. The van der Waals surface area contributed by atoms with Crippen LogP contribution in [0.5, 0.6) is 5.75 Å². The molecule has 0 N–H and O–H groups in total. The van der Waals surface area contributed by atoms with Gasteiger partial charge in [-0.3, -0.25) is 4.79 Å². The third kappa shape index (κ3) is 3.30. The Kier molecular flexibility index (Phi) is 3.77. The monoisotopic (exact) mass is 298 g/mol. The van der Waals surface area contributed by atoms with Crippen molar-refractivity contribution in [3.8, 4) is 5.75 Å². The topological polar surface area (TPSA) is 26.3 Å². The van der Waals surface area contributed by atoms with E-state index in [1.807, 2.05) is 36.4 Å². The molecule has 2 aromatic carbocycles.